The maximum Gasteiger partial charge on any atom is 0.253 e. The molecule has 1 saturated carbocycles. The van der Waals surface area contributed by atoms with Crippen molar-refractivity contribution in [2.75, 3.05) is 7.05 Å². The summed E-state index contributed by atoms with van der Waals surface area (Å²) < 4.78 is 0. The normalized spacial score (nSPS) is 18.1. The number of hydrogen-bond acceptors (Lipinski definition) is 3. The fourth-order valence-corrected chi connectivity index (χ4v) is 4.34. The molecule has 1 amide bonds. The highest BCUT2D eigenvalue weighted by atomic mass is 35.5. The Bertz CT molecular complexity index is 771. The predicted molar refractivity (Wildman–Crippen MR) is 118 cm³/mol. The standard InChI is InChI=1S/C23H32N2O2.ClH/c1-16(19-14-8-12-18-11-6-7-13-20(18)19)25(2)23(27)22(26)21(24)15-17-9-4-3-5-10-17;/h6-8,11-14,16-17,21-22,26H,3-5,9-10,15,24H2,1-2H3;1H/t16-,21+,22?;/m0./s1. The van der Waals surface area contributed by atoms with Gasteiger partial charge in [-0.3, -0.25) is 4.79 Å². The second-order valence-corrected chi connectivity index (χ2v) is 8.04. The van der Waals surface area contributed by atoms with Crippen LogP contribution in [0.3, 0.4) is 0 Å². The minimum absolute atomic E-state index is 0. The van der Waals surface area contributed by atoms with E-state index in [-0.39, 0.29) is 24.4 Å². The minimum atomic E-state index is -1.14. The second kappa shape index (κ2) is 10.2. The van der Waals surface area contributed by atoms with Crippen molar-refractivity contribution in [1.82, 2.24) is 4.90 Å². The summed E-state index contributed by atoms with van der Waals surface area (Å²) in [6, 6.07) is 13.7. The molecule has 0 saturated heterocycles. The molecule has 1 unspecified atom stereocenters. The molecule has 1 fully saturated rings. The quantitative estimate of drug-likeness (QED) is 0.747. The molecule has 0 bridgehead atoms. The molecule has 28 heavy (non-hydrogen) atoms. The zero-order valence-corrected chi connectivity index (χ0v) is 17.7. The highest BCUT2D eigenvalue weighted by Crippen LogP contribution is 2.30. The molecule has 1 aliphatic rings. The second-order valence-electron chi connectivity index (χ2n) is 8.04. The molecule has 0 heterocycles. The van der Waals surface area contributed by atoms with Crippen molar-refractivity contribution in [1.29, 1.82) is 0 Å². The van der Waals surface area contributed by atoms with E-state index in [1.54, 1.807) is 11.9 Å². The Labute approximate surface area is 174 Å². The average Bonchev–Trinajstić information content (AvgIpc) is 2.71. The Morgan fingerprint density at radius 2 is 1.79 bits per heavy atom. The summed E-state index contributed by atoms with van der Waals surface area (Å²) in [6.07, 6.45) is 5.67. The summed E-state index contributed by atoms with van der Waals surface area (Å²) in [4.78, 5) is 14.5. The topological polar surface area (TPSA) is 66.6 Å². The van der Waals surface area contributed by atoms with Gasteiger partial charge in [-0.25, -0.2) is 0 Å². The van der Waals surface area contributed by atoms with Gasteiger partial charge in [0, 0.05) is 13.1 Å². The lowest BCUT2D eigenvalue weighted by atomic mass is 9.84. The number of nitrogens with two attached hydrogens (primary N) is 1. The lowest BCUT2D eigenvalue weighted by Gasteiger charge is -2.31. The van der Waals surface area contributed by atoms with Gasteiger partial charge in [-0.1, -0.05) is 74.6 Å². The number of aliphatic hydroxyl groups excluding tert-OH is 1. The fourth-order valence-electron chi connectivity index (χ4n) is 4.34. The van der Waals surface area contributed by atoms with Crippen LogP contribution in [0.25, 0.3) is 10.8 Å². The molecule has 0 radical (unpaired) electrons. The van der Waals surface area contributed by atoms with Crippen LogP contribution in [-0.2, 0) is 4.79 Å². The van der Waals surface area contributed by atoms with Crippen LogP contribution in [0.5, 0.6) is 0 Å². The van der Waals surface area contributed by atoms with E-state index in [0.29, 0.717) is 5.92 Å². The van der Waals surface area contributed by atoms with Gasteiger partial charge in [0.25, 0.3) is 5.91 Å². The third kappa shape index (κ3) is 5.05. The molecule has 3 rings (SSSR count). The van der Waals surface area contributed by atoms with Crippen molar-refractivity contribution in [3.8, 4) is 0 Å². The molecule has 2 aromatic rings. The SMILES string of the molecule is C[C@@H](c1cccc2ccccc12)N(C)C(=O)C(O)[C@H](N)CC1CCCCC1.Cl. The van der Waals surface area contributed by atoms with Gasteiger partial charge in [-0.15, -0.1) is 12.4 Å². The molecule has 0 spiro atoms. The highest BCUT2D eigenvalue weighted by Gasteiger charge is 2.31. The van der Waals surface area contributed by atoms with Gasteiger partial charge >= 0.3 is 0 Å². The predicted octanol–water partition coefficient (Wildman–Crippen LogP) is 4.44. The first-order valence-corrected chi connectivity index (χ1v) is 10.2. The third-order valence-corrected chi connectivity index (χ3v) is 6.19. The monoisotopic (exact) mass is 404 g/mol. The van der Waals surface area contributed by atoms with Gasteiger partial charge in [-0.2, -0.15) is 0 Å². The van der Waals surface area contributed by atoms with Gasteiger partial charge in [0.2, 0.25) is 0 Å². The highest BCUT2D eigenvalue weighted by molar-refractivity contribution is 5.87. The molecule has 154 valence electrons. The number of hydrogen-bond donors (Lipinski definition) is 2. The molecule has 4 nitrogen and oxygen atoms in total. The van der Waals surface area contributed by atoms with Crippen LogP contribution in [0.4, 0.5) is 0 Å². The molecular formula is C23H33ClN2O2. The van der Waals surface area contributed by atoms with Crippen LogP contribution in [-0.4, -0.2) is 35.1 Å². The smallest absolute Gasteiger partial charge is 0.253 e. The van der Waals surface area contributed by atoms with Crippen LogP contribution in [0, 0.1) is 5.92 Å². The van der Waals surface area contributed by atoms with Crippen molar-refractivity contribution in [2.24, 2.45) is 11.7 Å². The average molecular weight is 405 g/mol. The van der Waals surface area contributed by atoms with E-state index >= 15 is 0 Å². The van der Waals surface area contributed by atoms with Gasteiger partial charge in [0.05, 0.1) is 6.04 Å². The van der Waals surface area contributed by atoms with E-state index < -0.39 is 12.1 Å². The number of carbonyl (C=O) groups is 1. The molecular weight excluding hydrogens is 372 g/mol. The molecule has 3 N–H and O–H groups in total. The fraction of sp³-hybridized carbons (Fsp3) is 0.522. The summed E-state index contributed by atoms with van der Waals surface area (Å²) in [6.45, 7) is 2.00. The van der Waals surface area contributed by atoms with E-state index in [1.807, 2.05) is 31.2 Å². The summed E-state index contributed by atoms with van der Waals surface area (Å²) >= 11 is 0. The Morgan fingerprint density at radius 3 is 2.50 bits per heavy atom. The molecule has 0 aromatic heterocycles. The van der Waals surface area contributed by atoms with Crippen LogP contribution in [0.15, 0.2) is 42.5 Å². The number of aliphatic hydroxyl groups is 1. The number of amides is 1. The minimum Gasteiger partial charge on any atom is -0.382 e. The number of benzene rings is 2. The lowest BCUT2D eigenvalue weighted by molar-refractivity contribution is -0.142. The van der Waals surface area contributed by atoms with Crippen molar-refractivity contribution < 1.29 is 9.90 Å². The largest absolute Gasteiger partial charge is 0.382 e. The summed E-state index contributed by atoms with van der Waals surface area (Å²) in [5.41, 5.74) is 7.30. The van der Waals surface area contributed by atoms with Crippen LogP contribution in [0.1, 0.15) is 57.1 Å². The zero-order chi connectivity index (χ0) is 19.4. The molecule has 5 heteroatoms. The van der Waals surface area contributed by atoms with Crippen molar-refractivity contribution in [3.63, 3.8) is 0 Å². The third-order valence-electron chi connectivity index (χ3n) is 6.19. The van der Waals surface area contributed by atoms with Crippen molar-refractivity contribution >= 4 is 29.1 Å². The van der Waals surface area contributed by atoms with Crippen LogP contribution < -0.4 is 5.73 Å². The maximum atomic E-state index is 12.9. The molecule has 3 atom stereocenters. The number of rotatable bonds is 6. The zero-order valence-electron chi connectivity index (χ0n) is 16.9. The van der Waals surface area contributed by atoms with Gasteiger partial charge in [-0.05, 0) is 35.6 Å². The van der Waals surface area contributed by atoms with Gasteiger partial charge in [0.15, 0.2) is 0 Å². The van der Waals surface area contributed by atoms with Crippen LogP contribution >= 0.6 is 12.4 Å². The van der Waals surface area contributed by atoms with E-state index in [0.717, 1.165) is 35.6 Å². The Kier molecular flexibility index (Phi) is 8.29. The van der Waals surface area contributed by atoms with E-state index in [9.17, 15) is 9.90 Å². The first kappa shape index (κ1) is 22.7. The van der Waals surface area contributed by atoms with Gasteiger partial charge in [0.1, 0.15) is 6.10 Å². The van der Waals surface area contributed by atoms with Crippen molar-refractivity contribution in [2.45, 2.75) is 63.6 Å². The number of halogens is 1. The molecule has 2 aromatic carbocycles. The first-order valence-electron chi connectivity index (χ1n) is 10.2. The number of carbonyl (C=O) groups excluding carboxylic acids is 1. The van der Waals surface area contributed by atoms with Crippen LogP contribution in [0.2, 0.25) is 0 Å². The molecule has 0 aliphatic heterocycles. The lowest BCUT2D eigenvalue weighted by Crippen LogP contribution is -2.48. The Hall–Kier alpha value is -1.62. The summed E-state index contributed by atoms with van der Waals surface area (Å²) in [7, 11) is 1.76. The van der Waals surface area contributed by atoms with Crippen molar-refractivity contribution in [3.05, 3.63) is 48.0 Å². The number of fused-ring (bicyclic) bond motifs is 1. The van der Waals surface area contributed by atoms with E-state index in [1.165, 1.54) is 19.3 Å². The maximum absolute atomic E-state index is 12.9. The Morgan fingerprint density at radius 1 is 1.14 bits per heavy atom. The number of likely N-dealkylation sites (N-methyl/N-ethyl adjacent to an activating group) is 1. The summed E-state index contributed by atoms with van der Waals surface area (Å²) in [5, 5.41) is 12.9. The van der Waals surface area contributed by atoms with E-state index in [2.05, 4.69) is 18.2 Å². The molecule has 1 aliphatic carbocycles. The van der Waals surface area contributed by atoms with E-state index in [4.69, 9.17) is 5.73 Å². The number of nitrogens with zero attached hydrogens (tertiary/aromatic N) is 1. The summed E-state index contributed by atoms with van der Waals surface area (Å²) in [5.74, 6) is 0.246. The van der Waals surface area contributed by atoms with Gasteiger partial charge < -0.3 is 15.7 Å². The first-order chi connectivity index (χ1) is 13.0. The Balaban J connectivity index is 0.00000280.